The van der Waals surface area contributed by atoms with Crippen LogP contribution in [0.3, 0.4) is 0 Å². The molecule has 1 fully saturated rings. The highest BCUT2D eigenvalue weighted by atomic mass is 16.6. The van der Waals surface area contributed by atoms with Gasteiger partial charge in [-0.1, -0.05) is 12.1 Å². The third-order valence-corrected chi connectivity index (χ3v) is 5.76. The minimum Gasteiger partial charge on any atom is -0.444 e. The van der Waals surface area contributed by atoms with E-state index in [1.54, 1.807) is 27.0 Å². The van der Waals surface area contributed by atoms with Gasteiger partial charge in [0, 0.05) is 19.3 Å². The lowest BCUT2D eigenvalue weighted by molar-refractivity contribution is -0.132. The average molecular weight is 496 g/mol. The van der Waals surface area contributed by atoms with Crippen molar-refractivity contribution in [2.75, 3.05) is 41.8 Å². The van der Waals surface area contributed by atoms with Crippen LogP contribution in [0.2, 0.25) is 0 Å². The molecule has 1 atom stereocenters. The number of nitrogens with one attached hydrogen (secondary N) is 2. The molecule has 1 aromatic carbocycles. The zero-order chi connectivity index (χ0) is 26.0. The summed E-state index contributed by atoms with van der Waals surface area (Å²) < 4.78 is 11.0. The molecule has 0 saturated carbocycles. The summed E-state index contributed by atoms with van der Waals surface area (Å²) in [5.41, 5.74) is 9.65. The molecule has 11 heteroatoms. The Morgan fingerprint density at radius 1 is 1.31 bits per heavy atom. The average Bonchev–Trinajstić information content (AvgIpc) is 3.22. The maximum atomic E-state index is 12.9. The van der Waals surface area contributed by atoms with Crippen molar-refractivity contribution in [2.24, 2.45) is 5.73 Å². The number of nitrogens with two attached hydrogens (primary N) is 1. The summed E-state index contributed by atoms with van der Waals surface area (Å²) in [7, 11) is 0. The minimum absolute atomic E-state index is 0.0687. The molecule has 0 aliphatic carbocycles. The second-order valence-corrected chi connectivity index (χ2v) is 9.65. The van der Waals surface area contributed by atoms with Crippen LogP contribution in [-0.2, 0) is 14.3 Å². The van der Waals surface area contributed by atoms with Crippen LogP contribution in [0.25, 0.3) is 5.70 Å². The zero-order valence-corrected chi connectivity index (χ0v) is 21.3. The molecular formula is C25H33N7O4. The van der Waals surface area contributed by atoms with Crippen molar-refractivity contribution < 1.29 is 19.1 Å². The number of rotatable bonds is 4. The van der Waals surface area contributed by atoms with Gasteiger partial charge in [-0.2, -0.15) is 0 Å². The fraction of sp³-hybridized carbons (Fsp3) is 0.440. The number of morpholine rings is 1. The molecule has 1 aromatic heterocycles. The van der Waals surface area contributed by atoms with Gasteiger partial charge in [0.2, 0.25) is 5.95 Å². The Hall–Kier alpha value is -3.86. The molecule has 2 amide bonds. The van der Waals surface area contributed by atoms with E-state index in [2.05, 4.69) is 25.5 Å². The monoisotopic (exact) mass is 495 g/mol. The number of fused-ring (bicyclic) bond motifs is 1. The molecule has 2 aliphatic heterocycles. The number of amides is 2. The first-order valence-electron chi connectivity index (χ1n) is 11.9. The van der Waals surface area contributed by atoms with Crippen molar-refractivity contribution in [3.63, 3.8) is 0 Å². The van der Waals surface area contributed by atoms with Crippen molar-refractivity contribution in [1.82, 2.24) is 14.9 Å². The highest BCUT2D eigenvalue weighted by Crippen LogP contribution is 2.37. The first kappa shape index (κ1) is 25.2. The van der Waals surface area contributed by atoms with E-state index < -0.39 is 23.7 Å². The van der Waals surface area contributed by atoms with Gasteiger partial charge < -0.3 is 30.3 Å². The van der Waals surface area contributed by atoms with Crippen LogP contribution in [0.4, 0.5) is 22.1 Å². The normalized spacial score (nSPS) is 18.9. The van der Waals surface area contributed by atoms with E-state index in [0.29, 0.717) is 24.5 Å². The topological polar surface area (TPSA) is 135 Å². The van der Waals surface area contributed by atoms with Crippen molar-refractivity contribution in [3.05, 3.63) is 47.5 Å². The molecule has 0 radical (unpaired) electrons. The molecule has 192 valence electrons. The standard InChI is InChI=1S/C25H33N7O4/c1-6-32-17-10-8-7-9-16(17)28-21(32)19(26)20-15(2)13-27-23(29-20)30-22(33)18-14-31(11-12-35-18)24(34)36-25(3,4)5/h7-10,13,18,28H,6,11-12,14,26H2,1-5H3,(H,27,29,30,33)/b21-19-. The number of carbonyl (C=O) groups is 2. The summed E-state index contributed by atoms with van der Waals surface area (Å²) in [5.74, 6) is 0.368. The van der Waals surface area contributed by atoms with Gasteiger partial charge in [-0.15, -0.1) is 0 Å². The fourth-order valence-electron chi connectivity index (χ4n) is 4.05. The second-order valence-electron chi connectivity index (χ2n) is 9.65. The summed E-state index contributed by atoms with van der Waals surface area (Å²) in [4.78, 5) is 37.7. The highest BCUT2D eigenvalue weighted by molar-refractivity contribution is 5.93. The van der Waals surface area contributed by atoms with E-state index in [-0.39, 0.29) is 19.1 Å². The Bertz CT molecular complexity index is 1190. The maximum Gasteiger partial charge on any atom is 0.410 e. The lowest BCUT2D eigenvalue weighted by Gasteiger charge is -2.33. The van der Waals surface area contributed by atoms with E-state index in [9.17, 15) is 9.59 Å². The van der Waals surface area contributed by atoms with E-state index in [1.807, 2.05) is 38.1 Å². The van der Waals surface area contributed by atoms with Gasteiger partial charge >= 0.3 is 6.09 Å². The number of anilines is 3. The number of hydrogen-bond acceptors (Lipinski definition) is 9. The summed E-state index contributed by atoms with van der Waals surface area (Å²) in [6, 6.07) is 7.94. The van der Waals surface area contributed by atoms with Crippen LogP contribution in [0.15, 0.2) is 36.3 Å². The van der Waals surface area contributed by atoms with Crippen LogP contribution < -0.4 is 21.3 Å². The Kier molecular flexibility index (Phi) is 7.02. The largest absolute Gasteiger partial charge is 0.444 e. The Morgan fingerprint density at radius 3 is 2.78 bits per heavy atom. The zero-order valence-electron chi connectivity index (χ0n) is 21.3. The number of nitrogens with zero attached hydrogens (tertiary/aromatic N) is 4. The predicted molar refractivity (Wildman–Crippen MR) is 137 cm³/mol. The second kappa shape index (κ2) is 10.0. The fourth-order valence-corrected chi connectivity index (χ4v) is 4.05. The van der Waals surface area contributed by atoms with Crippen LogP contribution in [-0.4, -0.2) is 64.8 Å². The summed E-state index contributed by atoms with van der Waals surface area (Å²) in [5, 5.41) is 6.07. The highest BCUT2D eigenvalue weighted by Gasteiger charge is 2.32. The smallest absolute Gasteiger partial charge is 0.410 e. The number of carbonyl (C=O) groups excluding carboxylic acids is 2. The van der Waals surface area contributed by atoms with Crippen molar-refractivity contribution >= 4 is 35.0 Å². The molecule has 0 spiro atoms. The van der Waals surface area contributed by atoms with Crippen LogP contribution >= 0.6 is 0 Å². The maximum absolute atomic E-state index is 12.9. The summed E-state index contributed by atoms with van der Waals surface area (Å²) >= 11 is 0. The van der Waals surface area contributed by atoms with Gasteiger partial charge in [0.25, 0.3) is 5.91 Å². The van der Waals surface area contributed by atoms with Gasteiger partial charge in [-0.05, 0) is 52.3 Å². The van der Waals surface area contributed by atoms with Crippen molar-refractivity contribution in [3.8, 4) is 0 Å². The van der Waals surface area contributed by atoms with Gasteiger partial charge in [-0.25, -0.2) is 14.8 Å². The molecule has 11 nitrogen and oxygen atoms in total. The predicted octanol–water partition coefficient (Wildman–Crippen LogP) is 2.90. The van der Waals surface area contributed by atoms with E-state index >= 15 is 0 Å². The molecule has 2 aromatic rings. The Morgan fingerprint density at radius 2 is 2.06 bits per heavy atom. The number of hydrogen-bond donors (Lipinski definition) is 3. The number of aryl methyl sites for hydroxylation is 1. The van der Waals surface area contributed by atoms with Crippen molar-refractivity contribution in [1.29, 1.82) is 0 Å². The molecule has 4 N–H and O–H groups in total. The van der Waals surface area contributed by atoms with Crippen LogP contribution in [0.1, 0.15) is 39.0 Å². The molecule has 2 aliphatic rings. The number of para-hydroxylation sites is 2. The lowest BCUT2D eigenvalue weighted by Crippen LogP contribution is -2.51. The molecule has 36 heavy (non-hydrogen) atoms. The molecule has 3 heterocycles. The SMILES string of the molecule is CCN1/C(=C(\N)c2nc(NC(=O)C3CN(C(=O)OC(C)(C)C)CCO3)ncc2C)Nc2ccccc21. The molecule has 1 saturated heterocycles. The number of aromatic nitrogens is 2. The Balaban J connectivity index is 1.51. The summed E-state index contributed by atoms with van der Waals surface area (Å²) in [6.07, 6.45) is 0.248. The minimum atomic E-state index is -0.878. The van der Waals surface area contributed by atoms with Crippen molar-refractivity contribution in [2.45, 2.75) is 46.3 Å². The van der Waals surface area contributed by atoms with Gasteiger partial charge in [0.15, 0.2) is 6.10 Å². The van der Waals surface area contributed by atoms with E-state index in [1.165, 1.54) is 4.90 Å². The Labute approximate surface area is 210 Å². The molecule has 0 bridgehead atoms. The van der Waals surface area contributed by atoms with E-state index in [0.717, 1.165) is 22.8 Å². The number of benzene rings is 1. The summed E-state index contributed by atoms with van der Waals surface area (Å²) in [6.45, 7) is 10.6. The van der Waals surface area contributed by atoms with Gasteiger partial charge in [-0.3, -0.25) is 10.1 Å². The first-order chi connectivity index (χ1) is 17.1. The number of ether oxygens (including phenoxy) is 2. The van der Waals surface area contributed by atoms with E-state index in [4.69, 9.17) is 15.2 Å². The third kappa shape index (κ3) is 5.35. The molecule has 1 unspecified atom stereocenters. The first-order valence-corrected chi connectivity index (χ1v) is 11.9. The molecule has 4 rings (SSSR count). The lowest BCUT2D eigenvalue weighted by atomic mass is 10.2. The van der Waals surface area contributed by atoms with Crippen LogP contribution in [0.5, 0.6) is 0 Å². The van der Waals surface area contributed by atoms with Gasteiger partial charge in [0.05, 0.1) is 35.9 Å². The quantitative estimate of drug-likeness (QED) is 0.585. The third-order valence-electron chi connectivity index (χ3n) is 5.76. The van der Waals surface area contributed by atoms with Gasteiger partial charge in [0.1, 0.15) is 11.4 Å². The van der Waals surface area contributed by atoms with Crippen LogP contribution in [0, 0.1) is 6.92 Å². The molecular weight excluding hydrogens is 462 g/mol.